The lowest BCUT2D eigenvalue weighted by atomic mass is 9.92. The average Bonchev–Trinajstić information content (AvgIpc) is 3.24. The van der Waals surface area contributed by atoms with Crippen LogP contribution in [0.5, 0.6) is 0 Å². The number of rotatable bonds is 3. The van der Waals surface area contributed by atoms with Crippen LogP contribution in [0.2, 0.25) is 0 Å². The predicted molar refractivity (Wildman–Crippen MR) is 67.8 cm³/mol. The third kappa shape index (κ3) is 2.42. The molecule has 2 saturated carbocycles. The topological polar surface area (TPSA) is 23.5 Å². The zero-order chi connectivity index (χ0) is 13.4. The highest BCUT2D eigenvalue weighted by atomic mass is 19.3. The summed E-state index contributed by atoms with van der Waals surface area (Å²) in [6.07, 6.45) is 3.59. The molecule has 1 spiro atoms. The van der Waals surface area contributed by atoms with Gasteiger partial charge < -0.3 is 10.0 Å². The molecule has 1 heterocycles. The van der Waals surface area contributed by atoms with Gasteiger partial charge in [0.05, 0.1) is 0 Å². The van der Waals surface area contributed by atoms with Crippen LogP contribution in [0, 0.1) is 10.8 Å². The Bertz CT molecular complexity index is 294. The Kier molecular flexibility index (Phi) is 3.72. The van der Waals surface area contributed by atoms with E-state index in [4.69, 9.17) is 0 Å². The van der Waals surface area contributed by atoms with Gasteiger partial charge in [-0.05, 0) is 38.8 Å². The maximum absolute atomic E-state index is 13.2. The van der Waals surface area contributed by atoms with E-state index in [1.54, 1.807) is 0 Å². The summed E-state index contributed by atoms with van der Waals surface area (Å²) < 4.78 is 26.3. The standard InChI is InChI=1S/C12H19F2NO.C2H6/c13-12(14)7-11(12)3-5-15(6-4-11)8-10(9-16)1-2-10;1-2/h16H,1-9H2;1-2H3. The largest absolute Gasteiger partial charge is 0.396 e. The summed E-state index contributed by atoms with van der Waals surface area (Å²) >= 11 is 0. The summed E-state index contributed by atoms with van der Waals surface area (Å²) in [5.74, 6) is -2.38. The van der Waals surface area contributed by atoms with E-state index in [9.17, 15) is 13.9 Å². The van der Waals surface area contributed by atoms with Gasteiger partial charge in [0, 0.05) is 30.4 Å². The minimum atomic E-state index is -2.38. The van der Waals surface area contributed by atoms with Gasteiger partial charge >= 0.3 is 0 Å². The second-order valence-corrected chi connectivity index (χ2v) is 6.10. The average molecular weight is 261 g/mol. The lowest BCUT2D eigenvalue weighted by molar-refractivity contribution is 0.0247. The summed E-state index contributed by atoms with van der Waals surface area (Å²) in [4.78, 5) is 2.27. The van der Waals surface area contributed by atoms with E-state index in [0.717, 1.165) is 32.5 Å². The Morgan fingerprint density at radius 3 is 1.89 bits per heavy atom. The first-order chi connectivity index (χ1) is 8.51. The van der Waals surface area contributed by atoms with E-state index in [-0.39, 0.29) is 18.4 Å². The molecular weight excluding hydrogens is 236 g/mol. The predicted octanol–water partition coefficient (Wildman–Crippen LogP) is 2.91. The molecule has 0 atom stereocenters. The number of hydrogen-bond donors (Lipinski definition) is 1. The molecule has 0 radical (unpaired) electrons. The zero-order valence-corrected chi connectivity index (χ0v) is 11.5. The SMILES string of the molecule is CC.OCC1(CN2CCC3(CC2)CC3(F)F)CC1. The molecule has 106 valence electrons. The first-order valence-electron chi connectivity index (χ1n) is 7.22. The molecule has 0 unspecified atom stereocenters. The summed E-state index contributed by atoms with van der Waals surface area (Å²) in [5.41, 5.74) is -0.518. The van der Waals surface area contributed by atoms with Crippen molar-refractivity contribution < 1.29 is 13.9 Å². The lowest BCUT2D eigenvalue weighted by Crippen LogP contribution is -2.40. The van der Waals surface area contributed by atoms with Crippen LogP contribution in [-0.2, 0) is 0 Å². The van der Waals surface area contributed by atoms with Gasteiger partial charge in [-0.25, -0.2) is 8.78 Å². The molecule has 0 aromatic rings. The third-order valence-corrected chi connectivity index (χ3v) is 4.88. The molecule has 1 N–H and O–H groups in total. The quantitative estimate of drug-likeness (QED) is 0.844. The van der Waals surface area contributed by atoms with Crippen molar-refractivity contribution in [2.24, 2.45) is 10.8 Å². The van der Waals surface area contributed by atoms with E-state index >= 15 is 0 Å². The molecule has 0 aromatic heterocycles. The Morgan fingerprint density at radius 2 is 1.56 bits per heavy atom. The molecule has 3 aliphatic rings. The summed E-state index contributed by atoms with van der Waals surface area (Å²) in [5, 5.41) is 9.24. The molecule has 0 bridgehead atoms. The minimum Gasteiger partial charge on any atom is -0.396 e. The molecule has 0 amide bonds. The molecule has 18 heavy (non-hydrogen) atoms. The smallest absolute Gasteiger partial charge is 0.254 e. The Balaban J connectivity index is 0.000000574. The van der Waals surface area contributed by atoms with Gasteiger partial charge in [0.1, 0.15) is 0 Å². The first-order valence-corrected chi connectivity index (χ1v) is 7.22. The second kappa shape index (κ2) is 4.71. The maximum Gasteiger partial charge on any atom is 0.254 e. The van der Waals surface area contributed by atoms with Crippen molar-refractivity contribution >= 4 is 0 Å². The highest BCUT2D eigenvalue weighted by molar-refractivity contribution is 5.12. The minimum absolute atomic E-state index is 0.110. The van der Waals surface area contributed by atoms with Crippen LogP contribution in [0.4, 0.5) is 8.78 Å². The fraction of sp³-hybridized carbons (Fsp3) is 1.00. The van der Waals surface area contributed by atoms with Gasteiger partial charge in [0.2, 0.25) is 0 Å². The van der Waals surface area contributed by atoms with Crippen molar-refractivity contribution in [1.82, 2.24) is 4.90 Å². The molecule has 1 aliphatic heterocycles. The van der Waals surface area contributed by atoms with Crippen LogP contribution in [0.15, 0.2) is 0 Å². The van der Waals surface area contributed by atoms with E-state index in [1.807, 2.05) is 13.8 Å². The summed E-state index contributed by atoms with van der Waals surface area (Å²) in [6.45, 7) is 6.74. The van der Waals surface area contributed by atoms with Crippen molar-refractivity contribution in [3.05, 3.63) is 0 Å². The third-order valence-electron chi connectivity index (χ3n) is 4.88. The van der Waals surface area contributed by atoms with Gasteiger partial charge in [-0.1, -0.05) is 13.8 Å². The number of aliphatic hydroxyl groups is 1. The van der Waals surface area contributed by atoms with E-state index in [2.05, 4.69) is 4.90 Å². The molecule has 2 nitrogen and oxygen atoms in total. The summed E-state index contributed by atoms with van der Waals surface area (Å²) in [6, 6.07) is 0. The van der Waals surface area contributed by atoms with Gasteiger partial charge in [-0.2, -0.15) is 0 Å². The van der Waals surface area contributed by atoms with Crippen LogP contribution < -0.4 is 0 Å². The number of piperidine rings is 1. The highest BCUT2D eigenvalue weighted by Crippen LogP contribution is 2.66. The van der Waals surface area contributed by atoms with Crippen molar-refractivity contribution in [3.8, 4) is 0 Å². The van der Waals surface area contributed by atoms with Crippen LogP contribution in [0.25, 0.3) is 0 Å². The molecule has 3 fully saturated rings. The number of alkyl halides is 2. The van der Waals surface area contributed by atoms with Crippen LogP contribution in [0.1, 0.15) is 46.0 Å². The fourth-order valence-electron chi connectivity index (χ4n) is 3.08. The zero-order valence-electron chi connectivity index (χ0n) is 11.5. The number of likely N-dealkylation sites (tertiary alicyclic amines) is 1. The van der Waals surface area contributed by atoms with Crippen LogP contribution in [-0.4, -0.2) is 42.2 Å². The molecule has 4 heteroatoms. The summed E-state index contributed by atoms with van der Waals surface area (Å²) in [7, 11) is 0. The molecule has 3 rings (SSSR count). The number of halogens is 2. The van der Waals surface area contributed by atoms with E-state index < -0.39 is 11.3 Å². The van der Waals surface area contributed by atoms with Crippen molar-refractivity contribution in [2.75, 3.05) is 26.2 Å². The molecular formula is C14H25F2NO. The van der Waals surface area contributed by atoms with Gasteiger partial charge in [0.25, 0.3) is 5.92 Å². The Labute approximate surface area is 108 Å². The normalized spacial score (nSPS) is 30.5. The molecule has 2 aliphatic carbocycles. The highest BCUT2D eigenvalue weighted by Gasteiger charge is 2.70. The Hall–Kier alpha value is -0.220. The fourth-order valence-corrected chi connectivity index (χ4v) is 3.08. The monoisotopic (exact) mass is 261 g/mol. The van der Waals surface area contributed by atoms with E-state index in [1.165, 1.54) is 0 Å². The van der Waals surface area contributed by atoms with Crippen molar-refractivity contribution in [3.63, 3.8) is 0 Å². The molecule has 0 aromatic carbocycles. The Morgan fingerprint density at radius 1 is 1.06 bits per heavy atom. The van der Waals surface area contributed by atoms with Gasteiger partial charge in [-0.3, -0.25) is 0 Å². The first kappa shape index (κ1) is 14.2. The van der Waals surface area contributed by atoms with Crippen molar-refractivity contribution in [1.29, 1.82) is 0 Å². The van der Waals surface area contributed by atoms with Crippen LogP contribution in [0.3, 0.4) is 0 Å². The van der Waals surface area contributed by atoms with Gasteiger partial charge in [0.15, 0.2) is 0 Å². The number of hydrogen-bond acceptors (Lipinski definition) is 2. The second-order valence-electron chi connectivity index (χ2n) is 6.10. The van der Waals surface area contributed by atoms with Crippen molar-refractivity contribution in [2.45, 2.75) is 51.9 Å². The number of aliphatic hydroxyl groups excluding tert-OH is 1. The van der Waals surface area contributed by atoms with Crippen LogP contribution >= 0.6 is 0 Å². The van der Waals surface area contributed by atoms with E-state index in [0.29, 0.717) is 12.8 Å². The lowest BCUT2D eigenvalue weighted by Gasteiger charge is -2.34. The van der Waals surface area contributed by atoms with Gasteiger partial charge in [-0.15, -0.1) is 0 Å². The maximum atomic E-state index is 13.2. The molecule has 1 saturated heterocycles. The number of nitrogens with zero attached hydrogens (tertiary/aromatic N) is 1.